The number of allylic oxidation sites excluding steroid dienone is 1. The van der Waals surface area contributed by atoms with Gasteiger partial charge in [0.1, 0.15) is 17.1 Å². The van der Waals surface area contributed by atoms with Gasteiger partial charge in [-0.3, -0.25) is 14.9 Å². The zero-order chi connectivity index (χ0) is 24.9. The minimum atomic E-state index is -0.782. The molecule has 0 fully saturated rings. The molecule has 0 bridgehead atoms. The van der Waals surface area contributed by atoms with E-state index in [9.17, 15) is 24.8 Å². The molecule has 35 heavy (non-hydrogen) atoms. The number of nitro groups is 1. The number of nitro benzene ring substituents is 1. The average Bonchev–Trinajstić information content (AvgIpc) is 2.87. The van der Waals surface area contributed by atoms with E-state index in [-0.39, 0.29) is 34.8 Å². The predicted molar refractivity (Wildman–Crippen MR) is 131 cm³/mol. The minimum absolute atomic E-state index is 0.00838. The number of carbonyl (C=O) groups excluding carboxylic acids is 1. The molecule has 0 saturated carbocycles. The number of ether oxygens (including phenoxy) is 1. The lowest BCUT2D eigenvalue weighted by molar-refractivity contribution is -0.384. The molecule has 1 heterocycles. The van der Waals surface area contributed by atoms with Gasteiger partial charge in [-0.25, -0.2) is 4.79 Å². The molecule has 3 aromatic carbocycles. The second-order valence-electron chi connectivity index (χ2n) is 7.83. The van der Waals surface area contributed by atoms with Crippen molar-refractivity contribution in [2.45, 2.75) is 12.3 Å². The quantitative estimate of drug-likeness (QED) is 0.162. The molecule has 0 amide bonds. The summed E-state index contributed by atoms with van der Waals surface area (Å²) in [6, 6.07) is 19.3. The number of aromatic hydroxyl groups is 1. The van der Waals surface area contributed by atoms with Crippen molar-refractivity contribution in [3.05, 3.63) is 116 Å². The number of rotatable bonds is 8. The third-order valence-corrected chi connectivity index (χ3v) is 5.66. The van der Waals surface area contributed by atoms with E-state index in [1.165, 1.54) is 37.5 Å². The molecule has 1 atom stereocenters. The summed E-state index contributed by atoms with van der Waals surface area (Å²) in [6.45, 7) is 0. The van der Waals surface area contributed by atoms with Crippen LogP contribution in [0.5, 0.6) is 11.5 Å². The van der Waals surface area contributed by atoms with Gasteiger partial charge < -0.3 is 14.3 Å². The zero-order valence-corrected chi connectivity index (χ0v) is 18.7. The monoisotopic (exact) mass is 471 g/mol. The first kappa shape index (κ1) is 23.4. The summed E-state index contributed by atoms with van der Waals surface area (Å²) in [6.07, 6.45) is 2.77. The van der Waals surface area contributed by atoms with Gasteiger partial charge in [0.15, 0.2) is 5.78 Å². The third-order valence-electron chi connectivity index (χ3n) is 5.66. The highest BCUT2D eigenvalue weighted by Crippen LogP contribution is 2.36. The fourth-order valence-corrected chi connectivity index (χ4v) is 3.84. The molecule has 0 radical (unpaired) electrons. The van der Waals surface area contributed by atoms with E-state index in [4.69, 9.17) is 9.15 Å². The van der Waals surface area contributed by atoms with Gasteiger partial charge in [0, 0.05) is 24.5 Å². The Hall–Kier alpha value is -4.72. The molecular weight excluding hydrogens is 450 g/mol. The van der Waals surface area contributed by atoms with E-state index in [1.54, 1.807) is 54.6 Å². The van der Waals surface area contributed by atoms with Crippen LogP contribution in [0.2, 0.25) is 0 Å². The molecule has 1 unspecified atom stereocenters. The van der Waals surface area contributed by atoms with E-state index in [0.29, 0.717) is 22.3 Å². The number of carbonyl (C=O) groups is 1. The Morgan fingerprint density at radius 1 is 1.09 bits per heavy atom. The zero-order valence-electron chi connectivity index (χ0n) is 18.7. The molecule has 1 N–H and O–H groups in total. The van der Waals surface area contributed by atoms with Crippen LogP contribution in [-0.4, -0.2) is 22.9 Å². The minimum Gasteiger partial charge on any atom is -0.507 e. The standard InChI is InChI=1S/C27H21NO7/c1-34-21-14-9-18(10-15-21)23(25-26(30)22-4-2-3-5-24(22)35-27(25)31)16-20(29)13-8-17-6-11-19(12-7-17)28(32)33/h2-15,23,30H,16H2,1H3/b13-8+. The van der Waals surface area contributed by atoms with E-state index in [2.05, 4.69) is 0 Å². The van der Waals surface area contributed by atoms with Crippen LogP contribution in [0.4, 0.5) is 5.69 Å². The number of ketones is 1. The molecule has 8 heteroatoms. The highest BCUT2D eigenvalue weighted by Gasteiger charge is 2.26. The van der Waals surface area contributed by atoms with Crippen molar-refractivity contribution < 1.29 is 24.0 Å². The number of nitrogens with zero attached hydrogens (tertiary/aromatic N) is 1. The predicted octanol–water partition coefficient (Wildman–Crippen LogP) is 5.22. The van der Waals surface area contributed by atoms with Gasteiger partial charge >= 0.3 is 5.63 Å². The maximum absolute atomic E-state index is 12.9. The van der Waals surface area contributed by atoms with E-state index >= 15 is 0 Å². The van der Waals surface area contributed by atoms with Gasteiger partial charge in [0.05, 0.1) is 23.0 Å². The van der Waals surface area contributed by atoms with E-state index in [0.717, 1.165) is 0 Å². The van der Waals surface area contributed by atoms with Crippen molar-refractivity contribution in [1.82, 2.24) is 0 Å². The normalized spacial score (nSPS) is 12.0. The molecule has 0 spiro atoms. The highest BCUT2D eigenvalue weighted by atomic mass is 16.6. The van der Waals surface area contributed by atoms with Gasteiger partial charge in [0.25, 0.3) is 5.69 Å². The third kappa shape index (κ3) is 5.11. The summed E-state index contributed by atoms with van der Waals surface area (Å²) < 4.78 is 10.6. The molecule has 0 aliphatic rings. The first-order valence-electron chi connectivity index (χ1n) is 10.7. The number of fused-ring (bicyclic) bond motifs is 1. The summed E-state index contributed by atoms with van der Waals surface area (Å²) in [5.74, 6) is -0.719. The summed E-state index contributed by atoms with van der Waals surface area (Å²) in [7, 11) is 1.53. The number of benzene rings is 3. The van der Waals surface area contributed by atoms with E-state index < -0.39 is 16.5 Å². The Morgan fingerprint density at radius 2 is 1.77 bits per heavy atom. The molecule has 8 nitrogen and oxygen atoms in total. The van der Waals surface area contributed by atoms with Gasteiger partial charge in [-0.1, -0.05) is 30.3 Å². The van der Waals surface area contributed by atoms with Crippen molar-refractivity contribution in [1.29, 1.82) is 0 Å². The van der Waals surface area contributed by atoms with Crippen LogP contribution >= 0.6 is 0 Å². The van der Waals surface area contributed by atoms with Crippen LogP contribution in [0.15, 0.2) is 88.1 Å². The van der Waals surface area contributed by atoms with Crippen molar-refractivity contribution in [3.8, 4) is 11.5 Å². The second-order valence-corrected chi connectivity index (χ2v) is 7.83. The van der Waals surface area contributed by atoms with Crippen LogP contribution in [0.1, 0.15) is 29.0 Å². The van der Waals surface area contributed by atoms with Crippen LogP contribution in [-0.2, 0) is 4.79 Å². The lowest BCUT2D eigenvalue weighted by Gasteiger charge is -2.18. The largest absolute Gasteiger partial charge is 0.507 e. The second kappa shape index (κ2) is 10.0. The Kier molecular flexibility index (Phi) is 6.73. The maximum Gasteiger partial charge on any atom is 0.343 e. The number of non-ortho nitro benzene ring substituents is 1. The van der Waals surface area contributed by atoms with Crippen molar-refractivity contribution >= 4 is 28.5 Å². The fraction of sp³-hybridized carbons (Fsp3) is 0.111. The number of methoxy groups -OCH3 is 1. The van der Waals surface area contributed by atoms with Crippen LogP contribution in [0.3, 0.4) is 0 Å². The highest BCUT2D eigenvalue weighted by molar-refractivity contribution is 5.94. The first-order valence-corrected chi connectivity index (χ1v) is 10.7. The SMILES string of the molecule is COc1ccc(C(CC(=O)/C=C/c2ccc([N+](=O)[O-])cc2)c2c(O)c3ccccc3oc2=O)cc1. The maximum atomic E-state index is 12.9. The Balaban J connectivity index is 1.70. The first-order chi connectivity index (χ1) is 16.9. The van der Waals surface area contributed by atoms with Crippen LogP contribution in [0, 0.1) is 10.1 Å². The summed E-state index contributed by atoms with van der Waals surface area (Å²) >= 11 is 0. The van der Waals surface area contributed by atoms with Gasteiger partial charge in [0.2, 0.25) is 0 Å². The molecule has 176 valence electrons. The molecule has 1 aromatic heterocycles. The molecular formula is C27H21NO7. The lowest BCUT2D eigenvalue weighted by atomic mass is 9.86. The molecule has 4 aromatic rings. The Morgan fingerprint density at radius 3 is 2.43 bits per heavy atom. The van der Waals surface area contributed by atoms with Gasteiger partial charge in [-0.2, -0.15) is 0 Å². The van der Waals surface area contributed by atoms with Crippen LogP contribution in [0.25, 0.3) is 17.0 Å². The fourth-order valence-electron chi connectivity index (χ4n) is 3.84. The topological polar surface area (TPSA) is 120 Å². The van der Waals surface area contributed by atoms with Crippen molar-refractivity contribution in [2.75, 3.05) is 7.11 Å². The Labute approximate surface area is 199 Å². The molecule has 4 rings (SSSR count). The number of para-hydroxylation sites is 1. The lowest BCUT2D eigenvalue weighted by Crippen LogP contribution is -2.17. The van der Waals surface area contributed by atoms with Gasteiger partial charge in [-0.05, 0) is 53.6 Å². The van der Waals surface area contributed by atoms with Crippen molar-refractivity contribution in [3.63, 3.8) is 0 Å². The summed E-state index contributed by atoms with van der Waals surface area (Å²) in [5, 5.41) is 22.2. The molecule has 0 saturated heterocycles. The smallest absolute Gasteiger partial charge is 0.343 e. The Bertz CT molecular complexity index is 1470. The number of hydrogen-bond donors (Lipinski definition) is 1. The summed E-state index contributed by atoms with van der Waals surface area (Å²) in [4.78, 5) is 36.1. The van der Waals surface area contributed by atoms with E-state index in [1.807, 2.05) is 0 Å². The van der Waals surface area contributed by atoms with Gasteiger partial charge in [-0.15, -0.1) is 0 Å². The number of hydrogen-bond acceptors (Lipinski definition) is 7. The summed E-state index contributed by atoms with van der Waals surface area (Å²) in [5.41, 5.74) is 0.696. The molecule has 0 aliphatic carbocycles. The molecule has 0 aliphatic heterocycles. The van der Waals surface area contributed by atoms with Crippen LogP contribution < -0.4 is 10.4 Å². The average molecular weight is 471 g/mol. The van der Waals surface area contributed by atoms with Crippen molar-refractivity contribution in [2.24, 2.45) is 0 Å².